The summed E-state index contributed by atoms with van der Waals surface area (Å²) >= 11 is 0. The van der Waals surface area contributed by atoms with Crippen molar-refractivity contribution >= 4 is 0 Å². The molecule has 3 rings (SSSR count). The van der Waals surface area contributed by atoms with Crippen LogP contribution in [0.15, 0.2) is 18.2 Å². The molecule has 0 amide bonds. The molecule has 0 radical (unpaired) electrons. The molecule has 0 bridgehead atoms. The van der Waals surface area contributed by atoms with E-state index in [1.54, 1.807) is 0 Å². The van der Waals surface area contributed by atoms with E-state index in [0.717, 1.165) is 18.4 Å². The van der Waals surface area contributed by atoms with Gasteiger partial charge in [0.1, 0.15) is 5.75 Å². The van der Waals surface area contributed by atoms with Crippen LogP contribution in [-0.4, -0.2) is 23.1 Å². The van der Waals surface area contributed by atoms with Gasteiger partial charge < -0.3 is 5.11 Å². The Bertz CT molecular complexity index is 476. The number of rotatable bonds is 3. The van der Waals surface area contributed by atoms with Crippen molar-refractivity contribution in [1.29, 1.82) is 0 Å². The fourth-order valence-electron chi connectivity index (χ4n) is 4.41. The van der Waals surface area contributed by atoms with E-state index >= 15 is 0 Å². The van der Waals surface area contributed by atoms with Crippen LogP contribution in [0.4, 0.5) is 0 Å². The summed E-state index contributed by atoms with van der Waals surface area (Å²) < 4.78 is 0. The molecule has 1 N–H and O–H groups in total. The van der Waals surface area contributed by atoms with Crippen LogP contribution in [0.25, 0.3) is 0 Å². The van der Waals surface area contributed by atoms with Crippen molar-refractivity contribution in [3.8, 4) is 5.75 Å². The lowest BCUT2D eigenvalue weighted by Gasteiger charge is -2.41. The van der Waals surface area contributed by atoms with E-state index in [0.29, 0.717) is 11.8 Å². The molecule has 0 spiro atoms. The van der Waals surface area contributed by atoms with Crippen molar-refractivity contribution in [2.75, 3.05) is 7.05 Å². The number of hydrogen-bond donors (Lipinski definition) is 1. The van der Waals surface area contributed by atoms with E-state index in [1.807, 2.05) is 12.1 Å². The Morgan fingerprint density at radius 1 is 1.14 bits per heavy atom. The highest BCUT2D eigenvalue weighted by atomic mass is 16.3. The minimum absolute atomic E-state index is 0.417. The summed E-state index contributed by atoms with van der Waals surface area (Å²) in [5.74, 6) is 1.38. The van der Waals surface area contributed by atoms with E-state index in [4.69, 9.17) is 0 Å². The summed E-state index contributed by atoms with van der Waals surface area (Å²) in [6.45, 7) is 2.33. The maximum atomic E-state index is 9.70. The predicted octanol–water partition coefficient (Wildman–Crippen LogP) is 4.67. The summed E-state index contributed by atoms with van der Waals surface area (Å²) in [5, 5.41) is 9.70. The average Bonchev–Trinajstić information content (AvgIpc) is 2.53. The van der Waals surface area contributed by atoms with Gasteiger partial charge in [-0.15, -0.1) is 0 Å². The number of phenols is 1. The standard InChI is InChI=1S/C19H29NO/c1-3-14-7-9-16(10-8-14)20(2)19-6-4-5-15-13-17(21)11-12-18(15)19/h11-14,16,19,21H,3-10H2,1-2H3. The molecule has 2 aliphatic carbocycles. The Hall–Kier alpha value is -1.02. The lowest BCUT2D eigenvalue weighted by molar-refractivity contribution is 0.109. The van der Waals surface area contributed by atoms with Crippen LogP contribution in [0.5, 0.6) is 5.75 Å². The Morgan fingerprint density at radius 3 is 2.62 bits per heavy atom. The number of benzene rings is 1. The van der Waals surface area contributed by atoms with E-state index in [9.17, 15) is 5.11 Å². The number of aromatic hydroxyl groups is 1. The van der Waals surface area contributed by atoms with Crippen LogP contribution in [0.2, 0.25) is 0 Å². The lowest BCUT2D eigenvalue weighted by atomic mass is 9.81. The molecule has 1 aromatic carbocycles. The molecule has 1 fully saturated rings. The van der Waals surface area contributed by atoms with Crippen LogP contribution in [0.3, 0.4) is 0 Å². The molecule has 0 saturated heterocycles. The van der Waals surface area contributed by atoms with Crippen LogP contribution in [0.1, 0.15) is 69.0 Å². The molecule has 116 valence electrons. The average molecular weight is 287 g/mol. The molecule has 2 nitrogen and oxygen atoms in total. The third-order valence-corrected chi connectivity index (χ3v) is 5.87. The fraction of sp³-hybridized carbons (Fsp3) is 0.684. The zero-order chi connectivity index (χ0) is 14.8. The third kappa shape index (κ3) is 3.11. The first-order valence-electron chi connectivity index (χ1n) is 8.72. The first kappa shape index (κ1) is 14.9. The van der Waals surface area contributed by atoms with Gasteiger partial charge in [-0.2, -0.15) is 0 Å². The highest BCUT2D eigenvalue weighted by Crippen LogP contribution is 2.39. The van der Waals surface area contributed by atoms with Gasteiger partial charge in [-0.25, -0.2) is 0 Å². The fourth-order valence-corrected chi connectivity index (χ4v) is 4.41. The molecule has 0 aliphatic heterocycles. The van der Waals surface area contributed by atoms with Crippen molar-refractivity contribution in [1.82, 2.24) is 4.90 Å². The number of nitrogens with zero attached hydrogens (tertiary/aromatic N) is 1. The largest absolute Gasteiger partial charge is 0.508 e. The van der Waals surface area contributed by atoms with Crippen LogP contribution in [0, 0.1) is 5.92 Å². The van der Waals surface area contributed by atoms with E-state index in [1.165, 1.54) is 56.1 Å². The first-order valence-corrected chi connectivity index (χ1v) is 8.72. The van der Waals surface area contributed by atoms with Crippen molar-refractivity contribution < 1.29 is 5.11 Å². The molecule has 1 aromatic rings. The van der Waals surface area contributed by atoms with E-state index in [2.05, 4.69) is 24.9 Å². The Kier molecular flexibility index (Phi) is 4.54. The number of aryl methyl sites for hydroxylation is 1. The van der Waals surface area contributed by atoms with Gasteiger partial charge in [-0.3, -0.25) is 4.90 Å². The third-order valence-electron chi connectivity index (χ3n) is 5.87. The Labute approximate surface area is 129 Å². The SMILES string of the molecule is CCC1CCC(N(C)C2CCCc3cc(O)ccc32)CC1. The zero-order valence-electron chi connectivity index (χ0n) is 13.5. The molecule has 1 atom stereocenters. The summed E-state index contributed by atoms with van der Waals surface area (Å²) in [6, 6.07) is 7.29. The maximum absolute atomic E-state index is 9.70. The van der Waals surface area contributed by atoms with Gasteiger partial charge in [0.2, 0.25) is 0 Å². The molecule has 0 heterocycles. The number of phenolic OH excluding ortho intramolecular Hbond substituents is 1. The van der Waals surface area contributed by atoms with Crippen LogP contribution < -0.4 is 0 Å². The predicted molar refractivity (Wildman–Crippen MR) is 87.6 cm³/mol. The zero-order valence-corrected chi connectivity index (χ0v) is 13.5. The van der Waals surface area contributed by atoms with Gasteiger partial charge in [-0.05, 0) is 81.2 Å². The molecular formula is C19H29NO. The highest BCUT2D eigenvalue weighted by Gasteiger charge is 2.30. The second kappa shape index (κ2) is 6.39. The van der Waals surface area contributed by atoms with Crippen molar-refractivity contribution in [2.45, 2.75) is 70.4 Å². The van der Waals surface area contributed by atoms with Crippen LogP contribution >= 0.6 is 0 Å². The number of fused-ring (bicyclic) bond motifs is 1. The van der Waals surface area contributed by atoms with Gasteiger partial charge in [0.15, 0.2) is 0 Å². The molecule has 2 heteroatoms. The summed E-state index contributed by atoms with van der Waals surface area (Å²) in [4.78, 5) is 2.64. The van der Waals surface area contributed by atoms with Gasteiger partial charge >= 0.3 is 0 Å². The van der Waals surface area contributed by atoms with Gasteiger partial charge in [0.05, 0.1) is 0 Å². The van der Waals surface area contributed by atoms with Gasteiger partial charge in [0, 0.05) is 12.1 Å². The number of hydrogen-bond acceptors (Lipinski definition) is 2. The second-order valence-electron chi connectivity index (χ2n) is 7.04. The highest BCUT2D eigenvalue weighted by molar-refractivity contribution is 5.38. The summed E-state index contributed by atoms with van der Waals surface area (Å²) in [6.07, 6.45) is 10.5. The molecule has 21 heavy (non-hydrogen) atoms. The molecule has 1 unspecified atom stereocenters. The topological polar surface area (TPSA) is 23.5 Å². The van der Waals surface area contributed by atoms with Crippen molar-refractivity contribution in [3.05, 3.63) is 29.3 Å². The monoisotopic (exact) mass is 287 g/mol. The minimum atomic E-state index is 0.417. The second-order valence-corrected chi connectivity index (χ2v) is 7.04. The lowest BCUT2D eigenvalue weighted by Crippen LogP contribution is -2.39. The quantitative estimate of drug-likeness (QED) is 0.873. The van der Waals surface area contributed by atoms with Gasteiger partial charge in [-0.1, -0.05) is 19.4 Å². The van der Waals surface area contributed by atoms with Gasteiger partial charge in [0.25, 0.3) is 0 Å². The smallest absolute Gasteiger partial charge is 0.115 e. The normalized spacial score (nSPS) is 29.4. The molecular weight excluding hydrogens is 258 g/mol. The van der Waals surface area contributed by atoms with Crippen LogP contribution in [-0.2, 0) is 6.42 Å². The maximum Gasteiger partial charge on any atom is 0.115 e. The molecule has 2 aliphatic rings. The van der Waals surface area contributed by atoms with E-state index < -0.39 is 0 Å². The van der Waals surface area contributed by atoms with Crippen molar-refractivity contribution in [3.63, 3.8) is 0 Å². The van der Waals surface area contributed by atoms with Crippen molar-refractivity contribution in [2.24, 2.45) is 5.92 Å². The minimum Gasteiger partial charge on any atom is -0.508 e. The molecule has 0 aromatic heterocycles. The summed E-state index contributed by atoms with van der Waals surface area (Å²) in [5.41, 5.74) is 2.82. The Morgan fingerprint density at radius 2 is 1.90 bits per heavy atom. The Balaban J connectivity index is 1.73. The summed E-state index contributed by atoms with van der Waals surface area (Å²) in [7, 11) is 2.32. The first-order chi connectivity index (χ1) is 10.2. The van der Waals surface area contributed by atoms with E-state index in [-0.39, 0.29) is 0 Å². The molecule has 1 saturated carbocycles.